The molecule has 5 nitrogen and oxygen atoms in total. The second-order valence-electron chi connectivity index (χ2n) is 5.82. The summed E-state index contributed by atoms with van der Waals surface area (Å²) in [5.74, 6) is 0.923. The molecule has 0 aromatic carbocycles. The molecule has 1 aromatic heterocycles. The summed E-state index contributed by atoms with van der Waals surface area (Å²) in [6.45, 7) is 3.88. The summed E-state index contributed by atoms with van der Waals surface area (Å²) < 4.78 is 5.65. The van der Waals surface area contributed by atoms with Crippen molar-refractivity contribution < 1.29 is 4.74 Å². The quantitative estimate of drug-likeness (QED) is 0.912. The topological polar surface area (TPSA) is 61.2 Å². The molecule has 0 saturated carbocycles. The highest BCUT2D eigenvalue weighted by atomic mass is 16.5. The number of hydrogen-bond acceptors (Lipinski definition) is 5. The minimum absolute atomic E-state index is 0.414. The fourth-order valence-electron chi connectivity index (χ4n) is 3.08. The molecule has 0 amide bonds. The molecule has 1 unspecified atom stereocenters. The summed E-state index contributed by atoms with van der Waals surface area (Å²) in [5.41, 5.74) is 0.679. The lowest BCUT2D eigenvalue weighted by atomic mass is 10.0. The Labute approximate surface area is 125 Å². The lowest BCUT2D eigenvalue weighted by Crippen LogP contribution is -2.44. The molecule has 0 spiro atoms. The van der Waals surface area contributed by atoms with Gasteiger partial charge in [0.05, 0.1) is 17.7 Å². The highest BCUT2D eigenvalue weighted by molar-refractivity contribution is 5.45. The molecule has 1 aromatic rings. The molecule has 3 rings (SSSR count). The lowest BCUT2D eigenvalue weighted by Gasteiger charge is -2.33. The zero-order valence-corrected chi connectivity index (χ0v) is 12.3. The summed E-state index contributed by atoms with van der Waals surface area (Å²) in [6, 6.07) is 6.37. The molecule has 112 valence electrons. The molecule has 0 aliphatic carbocycles. The van der Waals surface area contributed by atoms with Crippen molar-refractivity contribution in [1.29, 1.82) is 5.26 Å². The van der Waals surface area contributed by atoms with Gasteiger partial charge in [-0.3, -0.25) is 0 Å². The van der Waals surface area contributed by atoms with Gasteiger partial charge in [-0.05, 0) is 37.8 Å². The minimum Gasteiger partial charge on any atom is -0.377 e. The van der Waals surface area contributed by atoms with Gasteiger partial charge in [0.1, 0.15) is 5.82 Å². The Morgan fingerprint density at radius 1 is 1.38 bits per heavy atom. The number of ether oxygens (including phenoxy) is 1. The van der Waals surface area contributed by atoms with Crippen LogP contribution in [-0.2, 0) is 4.74 Å². The predicted molar refractivity (Wildman–Crippen MR) is 81.2 cm³/mol. The van der Waals surface area contributed by atoms with Crippen LogP contribution >= 0.6 is 0 Å². The number of piperidine rings is 1. The van der Waals surface area contributed by atoms with E-state index in [2.05, 4.69) is 21.3 Å². The maximum Gasteiger partial charge on any atom is 0.129 e. The van der Waals surface area contributed by atoms with E-state index in [1.54, 1.807) is 12.3 Å². The number of nitrogens with one attached hydrogen (secondary N) is 1. The Kier molecular flexibility index (Phi) is 4.69. The van der Waals surface area contributed by atoms with E-state index in [1.807, 2.05) is 6.07 Å². The van der Waals surface area contributed by atoms with E-state index >= 15 is 0 Å². The average Bonchev–Trinajstić information content (AvgIpc) is 3.07. The number of aromatic nitrogens is 1. The van der Waals surface area contributed by atoms with Crippen LogP contribution in [0.1, 0.15) is 31.2 Å². The smallest absolute Gasteiger partial charge is 0.129 e. The number of nitrogens with zero attached hydrogens (tertiary/aromatic N) is 3. The van der Waals surface area contributed by atoms with Crippen LogP contribution in [0.3, 0.4) is 0 Å². The molecular formula is C16H22N4O. The van der Waals surface area contributed by atoms with Crippen molar-refractivity contribution in [3.05, 3.63) is 23.9 Å². The van der Waals surface area contributed by atoms with Crippen LogP contribution in [-0.4, -0.2) is 43.4 Å². The van der Waals surface area contributed by atoms with Crippen LogP contribution in [0.4, 0.5) is 5.82 Å². The van der Waals surface area contributed by atoms with Crippen molar-refractivity contribution in [3.63, 3.8) is 0 Å². The second kappa shape index (κ2) is 6.88. The Hall–Kier alpha value is -1.64. The third-order valence-electron chi connectivity index (χ3n) is 4.35. The SMILES string of the molecule is N#Cc1ccnc(N2CCC(NCC3CCCO3)CC2)c1. The van der Waals surface area contributed by atoms with Crippen molar-refractivity contribution in [1.82, 2.24) is 10.3 Å². The van der Waals surface area contributed by atoms with Crippen LogP contribution in [0.25, 0.3) is 0 Å². The van der Waals surface area contributed by atoms with Gasteiger partial charge in [0.15, 0.2) is 0 Å². The van der Waals surface area contributed by atoms with E-state index in [9.17, 15) is 0 Å². The Morgan fingerprint density at radius 2 is 2.24 bits per heavy atom. The van der Waals surface area contributed by atoms with E-state index in [4.69, 9.17) is 10.00 Å². The van der Waals surface area contributed by atoms with Crippen molar-refractivity contribution in [2.24, 2.45) is 0 Å². The van der Waals surface area contributed by atoms with E-state index in [0.717, 1.165) is 44.9 Å². The fraction of sp³-hybridized carbons (Fsp3) is 0.625. The summed E-state index contributed by atoms with van der Waals surface area (Å²) in [4.78, 5) is 6.65. The van der Waals surface area contributed by atoms with E-state index < -0.39 is 0 Å². The van der Waals surface area contributed by atoms with Gasteiger partial charge in [0.25, 0.3) is 0 Å². The minimum atomic E-state index is 0.414. The molecule has 2 fully saturated rings. The standard InChI is InChI=1S/C16H22N4O/c17-11-13-3-6-18-16(10-13)20-7-4-14(5-8-20)19-12-15-2-1-9-21-15/h3,6,10,14-15,19H,1-2,4-5,7-9,12H2. The number of rotatable bonds is 4. The molecular weight excluding hydrogens is 264 g/mol. The number of anilines is 1. The van der Waals surface area contributed by atoms with E-state index in [-0.39, 0.29) is 0 Å². The highest BCUT2D eigenvalue weighted by Gasteiger charge is 2.22. The van der Waals surface area contributed by atoms with Gasteiger partial charge in [-0.25, -0.2) is 4.98 Å². The number of hydrogen-bond donors (Lipinski definition) is 1. The first-order valence-corrected chi connectivity index (χ1v) is 7.81. The van der Waals surface area contributed by atoms with Gasteiger partial charge in [-0.1, -0.05) is 0 Å². The zero-order chi connectivity index (χ0) is 14.5. The van der Waals surface area contributed by atoms with Crippen LogP contribution in [0.15, 0.2) is 18.3 Å². The Morgan fingerprint density at radius 3 is 2.95 bits per heavy atom. The summed E-state index contributed by atoms with van der Waals surface area (Å²) in [7, 11) is 0. The average molecular weight is 286 g/mol. The molecule has 5 heteroatoms. The number of pyridine rings is 1. The largest absolute Gasteiger partial charge is 0.377 e. The Bertz CT molecular complexity index is 499. The molecule has 21 heavy (non-hydrogen) atoms. The normalized spacial score (nSPS) is 23.2. The summed E-state index contributed by atoms with van der Waals surface area (Å²) in [5, 5.41) is 12.6. The number of nitriles is 1. The van der Waals surface area contributed by atoms with Gasteiger partial charge in [-0.15, -0.1) is 0 Å². The fourth-order valence-corrected chi connectivity index (χ4v) is 3.08. The van der Waals surface area contributed by atoms with Crippen LogP contribution in [0.5, 0.6) is 0 Å². The second-order valence-corrected chi connectivity index (χ2v) is 5.82. The van der Waals surface area contributed by atoms with Gasteiger partial charge < -0.3 is 15.0 Å². The molecule has 1 atom stereocenters. The van der Waals surface area contributed by atoms with Gasteiger partial charge in [0, 0.05) is 38.5 Å². The third-order valence-corrected chi connectivity index (χ3v) is 4.35. The van der Waals surface area contributed by atoms with Gasteiger partial charge >= 0.3 is 0 Å². The maximum atomic E-state index is 8.96. The van der Waals surface area contributed by atoms with Crippen molar-refractivity contribution in [2.75, 3.05) is 31.1 Å². The molecule has 1 N–H and O–H groups in total. The van der Waals surface area contributed by atoms with Gasteiger partial charge in [-0.2, -0.15) is 5.26 Å². The summed E-state index contributed by atoms with van der Waals surface area (Å²) in [6.07, 6.45) is 6.76. The van der Waals surface area contributed by atoms with Crippen molar-refractivity contribution in [2.45, 2.75) is 37.8 Å². The third kappa shape index (κ3) is 3.72. The monoisotopic (exact) mass is 286 g/mol. The van der Waals surface area contributed by atoms with Crippen molar-refractivity contribution >= 4 is 5.82 Å². The molecule has 2 saturated heterocycles. The van der Waals surface area contributed by atoms with E-state index in [0.29, 0.717) is 17.7 Å². The lowest BCUT2D eigenvalue weighted by molar-refractivity contribution is 0.106. The van der Waals surface area contributed by atoms with Crippen molar-refractivity contribution in [3.8, 4) is 6.07 Å². The van der Waals surface area contributed by atoms with Gasteiger partial charge in [0.2, 0.25) is 0 Å². The van der Waals surface area contributed by atoms with Crippen LogP contribution in [0, 0.1) is 11.3 Å². The first kappa shape index (κ1) is 14.3. The van der Waals surface area contributed by atoms with Crippen LogP contribution < -0.4 is 10.2 Å². The predicted octanol–water partition coefficient (Wildman–Crippen LogP) is 1.69. The molecule has 2 aliphatic heterocycles. The summed E-state index contributed by atoms with van der Waals surface area (Å²) >= 11 is 0. The molecule has 0 radical (unpaired) electrons. The first-order chi connectivity index (χ1) is 10.3. The highest BCUT2D eigenvalue weighted by Crippen LogP contribution is 2.19. The first-order valence-electron chi connectivity index (χ1n) is 7.81. The molecule has 2 aliphatic rings. The maximum absolute atomic E-state index is 8.96. The zero-order valence-electron chi connectivity index (χ0n) is 12.3. The van der Waals surface area contributed by atoms with Crippen LogP contribution in [0.2, 0.25) is 0 Å². The Balaban J connectivity index is 1.47. The van der Waals surface area contributed by atoms with E-state index in [1.165, 1.54) is 12.8 Å². The molecule has 3 heterocycles. The molecule has 0 bridgehead atoms.